The minimum atomic E-state index is -1.30. The molecule has 0 atom stereocenters. The van der Waals surface area contributed by atoms with Crippen molar-refractivity contribution in [3.05, 3.63) is 138 Å². The van der Waals surface area contributed by atoms with Crippen molar-refractivity contribution in [1.82, 2.24) is 9.97 Å². The van der Waals surface area contributed by atoms with Gasteiger partial charge in [-0.25, -0.2) is 0 Å². The molecule has 2 nitrogen and oxygen atoms in total. The number of rotatable bonds is 6. The monoisotopic (exact) mass is 752 g/mol. The average Bonchev–Trinajstić information content (AvgIpc) is 2.98. The van der Waals surface area contributed by atoms with Gasteiger partial charge in [-0.05, 0) is 39.5 Å². The zero-order chi connectivity index (χ0) is 30.5. The number of benzene rings is 3. The van der Waals surface area contributed by atoms with Crippen molar-refractivity contribution in [2.24, 2.45) is 0 Å². The molecule has 5 aromatic rings. The number of halogens is 1. The molecule has 1 radical (unpaired) electrons. The van der Waals surface area contributed by atoms with Crippen LogP contribution in [0.4, 0.5) is 4.39 Å². The maximum atomic E-state index is 12.8. The van der Waals surface area contributed by atoms with Gasteiger partial charge in [0.1, 0.15) is 0 Å². The number of nitrogens with zero attached hydrogens (tertiary/aromatic N) is 2. The van der Waals surface area contributed by atoms with Crippen molar-refractivity contribution in [3.63, 3.8) is 0 Å². The maximum Gasteiger partial charge on any atom is 0.0795 e. The van der Waals surface area contributed by atoms with Gasteiger partial charge in [-0.3, -0.25) is 4.39 Å². The van der Waals surface area contributed by atoms with Gasteiger partial charge in [0.15, 0.2) is 0 Å². The van der Waals surface area contributed by atoms with Crippen molar-refractivity contribution in [3.8, 4) is 22.5 Å². The molecule has 0 saturated heterocycles. The van der Waals surface area contributed by atoms with Crippen molar-refractivity contribution in [1.29, 1.82) is 0 Å². The van der Waals surface area contributed by atoms with Gasteiger partial charge in [0.2, 0.25) is 0 Å². The van der Waals surface area contributed by atoms with Gasteiger partial charge in [0.05, 0.1) is 8.07 Å². The third kappa shape index (κ3) is 8.41. The third-order valence-electron chi connectivity index (χ3n) is 7.31. The van der Waals surface area contributed by atoms with E-state index in [-0.39, 0.29) is 31.3 Å². The van der Waals surface area contributed by atoms with E-state index in [9.17, 15) is 4.39 Å². The molecule has 2 heterocycles. The van der Waals surface area contributed by atoms with E-state index >= 15 is 0 Å². The number of aromatic nitrogens is 2. The minimum Gasteiger partial charge on any atom is -0.305 e. The van der Waals surface area contributed by atoms with E-state index in [1.165, 1.54) is 28.4 Å². The van der Waals surface area contributed by atoms with E-state index in [0.29, 0.717) is 0 Å². The summed E-state index contributed by atoms with van der Waals surface area (Å²) in [6, 6.07) is 35.4. The summed E-state index contributed by atoms with van der Waals surface area (Å²) in [7, 11) is -1.30. The SMILES string of the molecule is C[Si](C)(C)c1ccc(-c2[c-]cc(F)cc2)nc1.[2H]C(C)(C)c1ccnc(-c2[c-]ccc(C(C)(C)c3ccccc3)c2)c1.[Ir]. The Balaban J connectivity index is 0.000000247. The van der Waals surface area contributed by atoms with Crippen molar-refractivity contribution >= 4 is 13.3 Å². The summed E-state index contributed by atoms with van der Waals surface area (Å²) < 4.78 is 21.0. The molecule has 0 unspecified atom stereocenters. The van der Waals surface area contributed by atoms with Crippen LogP contribution in [-0.2, 0) is 25.5 Å². The van der Waals surface area contributed by atoms with Gasteiger partial charge in [0, 0.05) is 39.7 Å². The first kappa shape index (κ1) is 31.7. The van der Waals surface area contributed by atoms with Crippen LogP contribution in [0.3, 0.4) is 0 Å². The van der Waals surface area contributed by atoms with Gasteiger partial charge >= 0.3 is 0 Å². The molecule has 0 bridgehead atoms. The summed E-state index contributed by atoms with van der Waals surface area (Å²) in [5, 5.41) is 1.32. The Labute approximate surface area is 267 Å². The van der Waals surface area contributed by atoms with Crippen LogP contribution in [0.25, 0.3) is 22.5 Å². The molecule has 0 fully saturated rings. The van der Waals surface area contributed by atoms with Crippen LogP contribution >= 0.6 is 0 Å². The second-order valence-corrected chi connectivity index (χ2v) is 17.1. The Hall–Kier alpha value is -3.24. The molecule has 5 heteroatoms. The third-order valence-corrected chi connectivity index (χ3v) is 9.34. The van der Waals surface area contributed by atoms with E-state index in [1.54, 1.807) is 12.3 Å². The van der Waals surface area contributed by atoms with Crippen molar-refractivity contribution in [2.75, 3.05) is 0 Å². The largest absolute Gasteiger partial charge is 0.305 e. The van der Waals surface area contributed by atoms with Crippen LogP contribution in [0.15, 0.2) is 103 Å². The fourth-order valence-corrected chi connectivity index (χ4v) is 5.51. The molecule has 0 N–H and O–H groups in total. The van der Waals surface area contributed by atoms with Gasteiger partial charge < -0.3 is 9.97 Å². The summed E-state index contributed by atoms with van der Waals surface area (Å²) in [6.07, 6.45) is 3.71. The first-order valence-corrected chi connectivity index (χ1v) is 17.4. The molecule has 0 saturated carbocycles. The Morgan fingerprint density at radius 3 is 2.14 bits per heavy atom. The first-order valence-electron chi connectivity index (χ1n) is 14.4. The smallest absolute Gasteiger partial charge is 0.0795 e. The maximum absolute atomic E-state index is 12.8. The second-order valence-electron chi connectivity index (χ2n) is 12.0. The van der Waals surface area contributed by atoms with Crippen LogP contribution in [0.1, 0.15) is 51.7 Å². The Bertz CT molecular complexity index is 1610. The number of pyridine rings is 2. The number of hydrogen-bond donors (Lipinski definition) is 0. The minimum absolute atomic E-state index is 0. The molecule has 0 aliphatic carbocycles. The molecule has 5 rings (SSSR count). The predicted molar refractivity (Wildman–Crippen MR) is 173 cm³/mol. The van der Waals surface area contributed by atoms with Gasteiger partial charge in [-0.2, -0.15) is 0 Å². The molecule has 0 spiro atoms. The second kappa shape index (κ2) is 14.3. The van der Waals surface area contributed by atoms with E-state index in [0.717, 1.165) is 28.1 Å². The molecule has 219 valence electrons. The van der Waals surface area contributed by atoms with E-state index in [2.05, 4.69) is 98.1 Å². The molecule has 0 aliphatic rings. The Kier molecular flexibility index (Phi) is 10.8. The normalized spacial score (nSPS) is 12.0. The van der Waals surface area contributed by atoms with Crippen molar-refractivity contribution < 1.29 is 25.9 Å². The summed E-state index contributed by atoms with van der Waals surface area (Å²) in [5.74, 6) is -0.911. The fraction of sp³-hybridized carbons (Fsp3) is 0.243. The summed E-state index contributed by atoms with van der Waals surface area (Å²) in [4.78, 5) is 8.93. The molecule has 0 amide bonds. The van der Waals surface area contributed by atoms with Crippen LogP contribution in [-0.4, -0.2) is 18.0 Å². The summed E-state index contributed by atoms with van der Waals surface area (Å²) in [6.45, 7) is 15.1. The quantitative estimate of drug-likeness (QED) is 0.128. The molecular weight excluding hydrogens is 712 g/mol. The molecular formula is C37H39FIrN2Si-2. The summed E-state index contributed by atoms with van der Waals surface area (Å²) >= 11 is 0. The predicted octanol–water partition coefficient (Wildman–Crippen LogP) is 9.23. The zero-order valence-electron chi connectivity index (χ0n) is 26.4. The standard InChI is InChI=1S/C23H24N.C14H15FNSi.Ir/c1-17(2)18-13-14-24-22(16-18)19-9-8-12-21(15-19)23(3,4)20-10-6-5-7-11-20;1-17(2,3)13-8-9-14(16-10-13)11-4-6-12(15)7-5-11;/h5-8,10-17H,1-4H3;4,6-10H,1-3H3;/q2*-1;/i17D;;. The summed E-state index contributed by atoms with van der Waals surface area (Å²) in [5.41, 5.74) is 6.86. The molecule has 0 aliphatic heterocycles. The zero-order valence-corrected chi connectivity index (χ0v) is 28.8. The van der Waals surface area contributed by atoms with E-state index in [4.69, 9.17) is 1.37 Å². The molecule has 3 aromatic carbocycles. The van der Waals surface area contributed by atoms with Gasteiger partial charge in [-0.15, -0.1) is 65.2 Å². The topological polar surface area (TPSA) is 25.8 Å². The van der Waals surface area contributed by atoms with Gasteiger partial charge in [0.25, 0.3) is 0 Å². The van der Waals surface area contributed by atoms with Crippen LogP contribution in [0.5, 0.6) is 0 Å². The molecule has 2 aromatic heterocycles. The first-order chi connectivity index (χ1) is 19.7. The van der Waals surface area contributed by atoms with E-state index in [1.807, 2.05) is 50.4 Å². The Morgan fingerprint density at radius 2 is 1.55 bits per heavy atom. The average molecular weight is 752 g/mol. The molecule has 42 heavy (non-hydrogen) atoms. The van der Waals surface area contributed by atoms with Crippen LogP contribution in [0.2, 0.25) is 19.6 Å². The van der Waals surface area contributed by atoms with Crippen LogP contribution in [0, 0.1) is 17.9 Å². The van der Waals surface area contributed by atoms with Crippen molar-refractivity contribution in [2.45, 2.75) is 58.6 Å². The number of hydrogen-bond acceptors (Lipinski definition) is 2. The fourth-order valence-electron chi connectivity index (χ4n) is 4.48. The van der Waals surface area contributed by atoms with Crippen LogP contribution < -0.4 is 5.19 Å². The van der Waals surface area contributed by atoms with Gasteiger partial charge in [-0.1, -0.05) is 101 Å². The Morgan fingerprint density at radius 1 is 0.810 bits per heavy atom. The van der Waals surface area contributed by atoms with E-state index < -0.39 is 14.0 Å².